The first-order chi connectivity index (χ1) is 9.75. The number of hydrogen-bond donors (Lipinski definition) is 0. The number of nitrogens with zero attached hydrogens (tertiary/aromatic N) is 2. The third-order valence-corrected chi connectivity index (χ3v) is 3.53. The first kappa shape index (κ1) is 17.9. The number of imidazole rings is 1. The number of rotatable bonds is 8. The summed E-state index contributed by atoms with van der Waals surface area (Å²) < 4.78 is 7.84. The van der Waals surface area contributed by atoms with Gasteiger partial charge in [0, 0.05) is 18.9 Å². The van der Waals surface area contributed by atoms with Crippen molar-refractivity contribution in [1.82, 2.24) is 9.55 Å². The molecule has 2 aromatic rings. The van der Waals surface area contributed by atoms with Crippen LogP contribution in [-0.4, -0.2) is 16.2 Å². The zero-order valence-corrected chi connectivity index (χ0v) is 13.9. The summed E-state index contributed by atoms with van der Waals surface area (Å²) in [7, 11) is 0. The average Bonchev–Trinajstić information content (AvgIpc) is 2.94. The van der Waals surface area contributed by atoms with Gasteiger partial charge in [-0.3, -0.25) is 0 Å². The van der Waals surface area contributed by atoms with Crippen molar-refractivity contribution in [2.75, 3.05) is 6.61 Å². The molecule has 0 aliphatic carbocycles. The van der Waals surface area contributed by atoms with Gasteiger partial charge in [-0.15, -0.1) is 12.4 Å². The summed E-state index contributed by atoms with van der Waals surface area (Å²) in [4.78, 5) is 4.03. The number of benzene rings is 1. The molecule has 2 rings (SSSR count). The monoisotopic (exact) mass is 328 g/mol. The molecular weight excluding hydrogens is 307 g/mol. The number of aryl methyl sites for hydroxylation is 2. The van der Waals surface area contributed by atoms with E-state index in [2.05, 4.69) is 9.55 Å². The second kappa shape index (κ2) is 9.69. The lowest BCUT2D eigenvalue weighted by Gasteiger charge is -2.08. The maximum absolute atomic E-state index is 6.08. The van der Waals surface area contributed by atoms with E-state index in [0.717, 1.165) is 25.3 Å². The van der Waals surface area contributed by atoms with Crippen LogP contribution in [0, 0.1) is 6.92 Å². The summed E-state index contributed by atoms with van der Waals surface area (Å²) in [5, 5.41) is 0.690. The number of ether oxygens (including phenoxy) is 1. The van der Waals surface area contributed by atoms with Crippen LogP contribution in [0.25, 0.3) is 0 Å². The molecule has 0 amide bonds. The van der Waals surface area contributed by atoms with Crippen LogP contribution in [0.3, 0.4) is 0 Å². The number of halogens is 2. The normalized spacial score (nSPS) is 10.2. The lowest BCUT2D eigenvalue weighted by atomic mass is 10.2. The Kier molecular flexibility index (Phi) is 8.24. The summed E-state index contributed by atoms with van der Waals surface area (Å²) in [6, 6.07) is 5.87. The molecule has 21 heavy (non-hydrogen) atoms. The Morgan fingerprint density at radius 3 is 2.76 bits per heavy atom. The highest BCUT2D eigenvalue weighted by molar-refractivity contribution is 6.32. The second-order valence-corrected chi connectivity index (χ2v) is 5.40. The zero-order valence-electron chi connectivity index (χ0n) is 12.3. The lowest BCUT2D eigenvalue weighted by Crippen LogP contribution is -1.99. The minimum absolute atomic E-state index is 0. The largest absolute Gasteiger partial charge is 0.492 e. The second-order valence-electron chi connectivity index (χ2n) is 5.00. The van der Waals surface area contributed by atoms with Gasteiger partial charge in [0.15, 0.2) is 0 Å². The summed E-state index contributed by atoms with van der Waals surface area (Å²) in [5.41, 5.74) is 1.17. The third-order valence-electron chi connectivity index (χ3n) is 3.21. The molecule has 0 saturated carbocycles. The van der Waals surface area contributed by atoms with Crippen molar-refractivity contribution in [2.45, 2.75) is 39.2 Å². The van der Waals surface area contributed by atoms with Crippen molar-refractivity contribution in [3.8, 4) is 5.75 Å². The molecule has 3 nitrogen and oxygen atoms in total. The van der Waals surface area contributed by atoms with Gasteiger partial charge >= 0.3 is 0 Å². The molecule has 1 heterocycles. The van der Waals surface area contributed by atoms with Gasteiger partial charge in [-0.05, 0) is 37.5 Å². The van der Waals surface area contributed by atoms with Gasteiger partial charge in [0.25, 0.3) is 0 Å². The van der Waals surface area contributed by atoms with Crippen molar-refractivity contribution in [3.05, 3.63) is 47.5 Å². The molecule has 0 aliphatic rings. The van der Waals surface area contributed by atoms with E-state index in [1.165, 1.54) is 24.8 Å². The smallest absolute Gasteiger partial charge is 0.138 e. The Balaban J connectivity index is 0.00000220. The van der Waals surface area contributed by atoms with E-state index in [1.54, 1.807) is 0 Å². The standard InChI is InChI=1S/C16H21ClN2O.ClH/c1-14-6-7-15(17)16(12-14)20-11-5-3-2-4-9-19-10-8-18-13-19;/h6-8,10,12-13H,2-5,9,11H2,1H3;1H. The molecule has 0 N–H and O–H groups in total. The predicted molar refractivity (Wildman–Crippen MR) is 89.6 cm³/mol. The van der Waals surface area contributed by atoms with E-state index >= 15 is 0 Å². The molecule has 0 saturated heterocycles. The van der Waals surface area contributed by atoms with E-state index in [0.29, 0.717) is 5.02 Å². The van der Waals surface area contributed by atoms with E-state index in [-0.39, 0.29) is 12.4 Å². The van der Waals surface area contributed by atoms with Gasteiger partial charge in [-0.2, -0.15) is 0 Å². The maximum Gasteiger partial charge on any atom is 0.138 e. The van der Waals surface area contributed by atoms with Crippen LogP contribution in [0.1, 0.15) is 31.2 Å². The minimum atomic E-state index is 0. The number of hydrogen-bond acceptors (Lipinski definition) is 2. The molecule has 1 aromatic heterocycles. The number of unbranched alkanes of at least 4 members (excludes halogenated alkanes) is 3. The fourth-order valence-electron chi connectivity index (χ4n) is 2.07. The molecule has 0 aliphatic heterocycles. The van der Waals surface area contributed by atoms with Crippen LogP contribution in [0.5, 0.6) is 5.75 Å². The van der Waals surface area contributed by atoms with E-state index in [4.69, 9.17) is 16.3 Å². The van der Waals surface area contributed by atoms with Crippen LogP contribution in [0.4, 0.5) is 0 Å². The van der Waals surface area contributed by atoms with Crippen molar-refractivity contribution in [3.63, 3.8) is 0 Å². The summed E-state index contributed by atoms with van der Waals surface area (Å²) in [5.74, 6) is 0.796. The first-order valence-corrected chi connectivity index (χ1v) is 7.48. The lowest BCUT2D eigenvalue weighted by molar-refractivity contribution is 0.304. The highest BCUT2D eigenvalue weighted by atomic mass is 35.5. The molecule has 0 spiro atoms. The topological polar surface area (TPSA) is 27.1 Å². The molecule has 0 atom stereocenters. The molecular formula is C16H22Cl2N2O. The van der Waals surface area contributed by atoms with E-state index < -0.39 is 0 Å². The molecule has 116 valence electrons. The fraction of sp³-hybridized carbons (Fsp3) is 0.438. The molecule has 1 aromatic carbocycles. The molecule has 5 heteroatoms. The maximum atomic E-state index is 6.08. The molecule has 0 bridgehead atoms. The van der Waals surface area contributed by atoms with Gasteiger partial charge in [-0.25, -0.2) is 4.98 Å². The van der Waals surface area contributed by atoms with Crippen LogP contribution < -0.4 is 4.74 Å². The Hall–Kier alpha value is -1.19. The van der Waals surface area contributed by atoms with Crippen LogP contribution >= 0.6 is 24.0 Å². The Labute approximate surface area is 137 Å². The summed E-state index contributed by atoms with van der Waals surface area (Å²) in [6.45, 7) is 3.82. The quantitative estimate of drug-likeness (QED) is 0.644. The molecule has 0 radical (unpaired) electrons. The van der Waals surface area contributed by atoms with Crippen molar-refractivity contribution in [1.29, 1.82) is 0 Å². The molecule has 0 fully saturated rings. The van der Waals surface area contributed by atoms with Crippen LogP contribution in [0.2, 0.25) is 5.02 Å². The van der Waals surface area contributed by atoms with E-state index in [9.17, 15) is 0 Å². The first-order valence-electron chi connectivity index (χ1n) is 7.10. The van der Waals surface area contributed by atoms with Crippen LogP contribution in [-0.2, 0) is 6.54 Å². The van der Waals surface area contributed by atoms with Gasteiger partial charge in [0.1, 0.15) is 5.75 Å². The SMILES string of the molecule is Cc1ccc(Cl)c(OCCCCCCn2ccnc2)c1.Cl. The van der Waals surface area contributed by atoms with Crippen molar-refractivity contribution < 1.29 is 4.74 Å². The minimum Gasteiger partial charge on any atom is -0.492 e. The Morgan fingerprint density at radius 1 is 1.19 bits per heavy atom. The third kappa shape index (κ3) is 6.40. The van der Waals surface area contributed by atoms with Gasteiger partial charge in [0.05, 0.1) is 18.0 Å². The van der Waals surface area contributed by atoms with Crippen molar-refractivity contribution >= 4 is 24.0 Å². The number of aromatic nitrogens is 2. The van der Waals surface area contributed by atoms with Gasteiger partial charge in [-0.1, -0.05) is 30.5 Å². The summed E-state index contributed by atoms with van der Waals surface area (Å²) >= 11 is 6.08. The van der Waals surface area contributed by atoms with Crippen LogP contribution in [0.15, 0.2) is 36.9 Å². The van der Waals surface area contributed by atoms with Crippen molar-refractivity contribution in [2.24, 2.45) is 0 Å². The molecule has 0 unspecified atom stereocenters. The summed E-state index contributed by atoms with van der Waals surface area (Å²) in [6.07, 6.45) is 10.3. The highest BCUT2D eigenvalue weighted by Crippen LogP contribution is 2.25. The average molecular weight is 329 g/mol. The fourth-order valence-corrected chi connectivity index (χ4v) is 2.24. The Morgan fingerprint density at radius 2 is 2.00 bits per heavy atom. The van der Waals surface area contributed by atoms with E-state index in [1.807, 2.05) is 43.8 Å². The van der Waals surface area contributed by atoms with Gasteiger partial charge < -0.3 is 9.30 Å². The highest BCUT2D eigenvalue weighted by Gasteiger charge is 2.01. The van der Waals surface area contributed by atoms with Gasteiger partial charge in [0.2, 0.25) is 0 Å². The predicted octanol–water partition coefficient (Wildman–Crippen LogP) is 4.91. The zero-order chi connectivity index (χ0) is 14.2. The Bertz CT molecular complexity index is 515.